The summed E-state index contributed by atoms with van der Waals surface area (Å²) < 4.78 is 4.96. The summed E-state index contributed by atoms with van der Waals surface area (Å²) in [5, 5.41) is 19.9. The van der Waals surface area contributed by atoms with Crippen molar-refractivity contribution in [3.05, 3.63) is 0 Å². The van der Waals surface area contributed by atoms with Gasteiger partial charge in [-0.25, -0.2) is 9.59 Å². The van der Waals surface area contributed by atoms with Crippen LogP contribution in [0.4, 0.5) is 4.79 Å². The first-order valence-corrected chi connectivity index (χ1v) is 6.87. The molecule has 8 nitrogen and oxygen atoms in total. The van der Waals surface area contributed by atoms with Gasteiger partial charge in [0.05, 0.1) is 13.0 Å². The molecule has 21 heavy (non-hydrogen) atoms. The number of rotatable bonds is 9. The van der Waals surface area contributed by atoms with Gasteiger partial charge in [0, 0.05) is 19.7 Å². The van der Waals surface area contributed by atoms with Gasteiger partial charge in [-0.15, -0.1) is 0 Å². The third-order valence-electron chi connectivity index (χ3n) is 3.57. The predicted octanol–water partition coefficient (Wildman–Crippen LogP) is 0.371. The highest BCUT2D eigenvalue weighted by Crippen LogP contribution is 2.35. The van der Waals surface area contributed by atoms with Crippen molar-refractivity contribution in [1.29, 1.82) is 0 Å². The van der Waals surface area contributed by atoms with Gasteiger partial charge >= 0.3 is 18.0 Å². The maximum absolute atomic E-state index is 12.2. The topological polar surface area (TPSA) is 116 Å². The van der Waals surface area contributed by atoms with Crippen LogP contribution in [0.2, 0.25) is 0 Å². The molecule has 120 valence electrons. The van der Waals surface area contributed by atoms with Crippen molar-refractivity contribution in [3.8, 4) is 0 Å². The van der Waals surface area contributed by atoms with Crippen molar-refractivity contribution < 1.29 is 29.3 Å². The zero-order chi connectivity index (χ0) is 16.0. The van der Waals surface area contributed by atoms with E-state index in [2.05, 4.69) is 5.32 Å². The summed E-state index contributed by atoms with van der Waals surface area (Å²) in [6.45, 7) is 2.57. The summed E-state index contributed by atoms with van der Waals surface area (Å²) in [5.74, 6) is -2.23. The molecular formula is C13H22N2O6. The smallest absolute Gasteiger partial charge is 0.326 e. The Labute approximate surface area is 123 Å². The van der Waals surface area contributed by atoms with Crippen LogP contribution < -0.4 is 5.32 Å². The SMILES string of the molecule is COCCN(C(=O)N[C@@H](CC(=O)O)C(=O)O)C(C)C1CC1. The molecule has 1 fully saturated rings. The summed E-state index contributed by atoms with van der Waals surface area (Å²) in [5.41, 5.74) is 0. The molecule has 2 atom stereocenters. The molecule has 0 aromatic heterocycles. The van der Waals surface area contributed by atoms with Crippen molar-refractivity contribution >= 4 is 18.0 Å². The highest BCUT2D eigenvalue weighted by molar-refractivity contribution is 5.86. The van der Waals surface area contributed by atoms with Crippen LogP contribution in [0.15, 0.2) is 0 Å². The van der Waals surface area contributed by atoms with E-state index in [1.54, 1.807) is 0 Å². The maximum atomic E-state index is 12.2. The molecule has 8 heteroatoms. The van der Waals surface area contributed by atoms with Gasteiger partial charge < -0.3 is 25.2 Å². The maximum Gasteiger partial charge on any atom is 0.326 e. The van der Waals surface area contributed by atoms with Gasteiger partial charge in [0.2, 0.25) is 0 Å². The van der Waals surface area contributed by atoms with E-state index < -0.39 is 30.4 Å². The lowest BCUT2D eigenvalue weighted by Crippen LogP contribution is -2.52. The molecule has 0 heterocycles. The van der Waals surface area contributed by atoms with E-state index in [0.29, 0.717) is 19.1 Å². The highest BCUT2D eigenvalue weighted by atomic mass is 16.5. The molecule has 0 aromatic carbocycles. The lowest BCUT2D eigenvalue weighted by molar-refractivity contribution is -0.145. The number of nitrogens with one attached hydrogen (secondary N) is 1. The van der Waals surface area contributed by atoms with Gasteiger partial charge in [0.1, 0.15) is 6.04 Å². The lowest BCUT2D eigenvalue weighted by atomic mass is 10.2. The van der Waals surface area contributed by atoms with Crippen LogP contribution in [0.3, 0.4) is 0 Å². The van der Waals surface area contributed by atoms with Gasteiger partial charge in [0.25, 0.3) is 0 Å². The van der Waals surface area contributed by atoms with Crippen LogP contribution in [0, 0.1) is 5.92 Å². The van der Waals surface area contributed by atoms with Gasteiger partial charge in [-0.3, -0.25) is 4.79 Å². The summed E-state index contributed by atoms with van der Waals surface area (Å²) in [7, 11) is 1.52. The molecule has 1 rings (SSSR count). The number of aliphatic carboxylic acids is 2. The van der Waals surface area contributed by atoms with Crippen LogP contribution in [0.1, 0.15) is 26.2 Å². The molecule has 1 saturated carbocycles. The molecule has 0 radical (unpaired) electrons. The Kier molecular flexibility index (Phi) is 6.41. The number of hydrogen-bond donors (Lipinski definition) is 3. The summed E-state index contributed by atoms with van der Waals surface area (Å²) in [4.78, 5) is 35.4. The second-order valence-electron chi connectivity index (χ2n) is 5.20. The van der Waals surface area contributed by atoms with Gasteiger partial charge in [0.15, 0.2) is 0 Å². The monoisotopic (exact) mass is 302 g/mol. The fourth-order valence-corrected chi connectivity index (χ4v) is 2.12. The normalized spacial score (nSPS) is 16.9. The Balaban J connectivity index is 2.68. The molecule has 0 aromatic rings. The standard InChI is InChI=1S/C13H22N2O6/c1-8(9-3-4-9)15(5-6-21-2)13(20)14-10(12(18)19)7-11(16)17/h8-10H,3-7H2,1-2H3,(H,14,20)(H,16,17)(H,18,19)/t8?,10-/m0/s1. The van der Waals surface area contributed by atoms with Crippen molar-refractivity contribution in [2.45, 2.75) is 38.3 Å². The van der Waals surface area contributed by atoms with Gasteiger partial charge in [-0.1, -0.05) is 0 Å². The molecule has 1 unspecified atom stereocenters. The quantitative estimate of drug-likeness (QED) is 0.566. The minimum atomic E-state index is -1.44. The molecule has 1 aliphatic carbocycles. The number of carboxylic acids is 2. The average molecular weight is 302 g/mol. The van der Waals surface area contributed by atoms with Crippen molar-refractivity contribution in [1.82, 2.24) is 10.2 Å². The summed E-state index contributed by atoms with van der Waals surface area (Å²) >= 11 is 0. The molecule has 0 bridgehead atoms. The van der Waals surface area contributed by atoms with E-state index in [-0.39, 0.29) is 6.04 Å². The zero-order valence-electron chi connectivity index (χ0n) is 12.2. The molecular weight excluding hydrogens is 280 g/mol. The molecule has 0 aliphatic heterocycles. The lowest BCUT2D eigenvalue weighted by Gasteiger charge is -2.30. The number of urea groups is 1. The van der Waals surface area contributed by atoms with Crippen molar-refractivity contribution in [2.24, 2.45) is 5.92 Å². The fourth-order valence-electron chi connectivity index (χ4n) is 2.12. The first-order chi connectivity index (χ1) is 9.86. The third-order valence-corrected chi connectivity index (χ3v) is 3.57. The van der Waals surface area contributed by atoms with E-state index >= 15 is 0 Å². The Morgan fingerprint density at radius 2 is 1.95 bits per heavy atom. The molecule has 1 aliphatic rings. The largest absolute Gasteiger partial charge is 0.481 e. The van der Waals surface area contributed by atoms with Gasteiger partial charge in [-0.05, 0) is 25.7 Å². The Bertz CT molecular complexity index is 396. The first kappa shape index (κ1) is 17.2. The number of amides is 2. The van der Waals surface area contributed by atoms with Crippen LogP contribution in [0.25, 0.3) is 0 Å². The number of carboxylic acid groups (broad SMARTS) is 2. The second kappa shape index (κ2) is 7.82. The highest BCUT2D eigenvalue weighted by Gasteiger charge is 2.35. The van der Waals surface area contributed by atoms with Crippen LogP contribution >= 0.6 is 0 Å². The van der Waals surface area contributed by atoms with Crippen LogP contribution in [-0.2, 0) is 14.3 Å². The molecule has 0 spiro atoms. The molecule has 3 N–H and O–H groups in total. The third kappa shape index (κ3) is 5.58. The summed E-state index contributed by atoms with van der Waals surface area (Å²) in [6, 6.07) is -2.04. The Morgan fingerprint density at radius 1 is 1.33 bits per heavy atom. The van der Waals surface area contributed by atoms with Crippen molar-refractivity contribution in [2.75, 3.05) is 20.3 Å². The molecule has 2 amide bonds. The predicted molar refractivity (Wildman–Crippen MR) is 73.0 cm³/mol. The summed E-state index contributed by atoms with van der Waals surface area (Å²) in [6.07, 6.45) is 1.42. The fraction of sp³-hybridized carbons (Fsp3) is 0.769. The van der Waals surface area contributed by atoms with E-state index in [4.69, 9.17) is 14.9 Å². The van der Waals surface area contributed by atoms with E-state index in [1.165, 1.54) is 12.0 Å². The van der Waals surface area contributed by atoms with E-state index in [0.717, 1.165) is 12.8 Å². The van der Waals surface area contributed by atoms with Gasteiger partial charge in [-0.2, -0.15) is 0 Å². The van der Waals surface area contributed by atoms with E-state index in [9.17, 15) is 14.4 Å². The first-order valence-electron chi connectivity index (χ1n) is 6.87. The zero-order valence-corrected chi connectivity index (χ0v) is 12.2. The number of nitrogens with zero attached hydrogens (tertiary/aromatic N) is 1. The number of carbonyl (C=O) groups excluding carboxylic acids is 1. The van der Waals surface area contributed by atoms with Crippen LogP contribution in [-0.4, -0.2) is 65.4 Å². The van der Waals surface area contributed by atoms with E-state index in [1.807, 2.05) is 6.92 Å². The number of ether oxygens (including phenoxy) is 1. The number of hydrogen-bond acceptors (Lipinski definition) is 4. The number of carbonyl (C=O) groups is 3. The Hall–Kier alpha value is -1.83. The molecule has 0 saturated heterocycles. The van der Waals surface area contributed by atoms with Crippen LogP contribution in [0.5, 0.6) is 0 Å². The Morgan fingerprint density at radius 3 is 2.38 bits per heavy atom. The minimum absolute atomic E-state index is 0.0283. The average Bonchev–Trinajstić information content (AvgIpc) is 3.21. The second-order valence-corrected chi connectivity index (χ2v) is 5.20. The number of methoxy groups -OCH3 is 1. The van der Waals surface area contributed by atoms with Crippen molar-refractivity contribution in [3.63, 3.8) is 0 Å². The minimum Gasteiger partial charge on any atom is -0.481 e.